The highest BCUT2D eigenvalue weighted by Gasteiger charge is 2.07. The number of aliphatic hydroxyl groups excluding tert-OH is 1. The number of hydrogen-bond donors (Lipinski definition) is 3. The van der Waals surface area contributed by atoms with Gasteiger partial charge in [0.15, 0.2) is 17.3 Å². The second-order valence-electron chi connectivity index (χ2n) is 3.87. The number of carbonyl (C=O) groups excluding carboxylic acids is 2. The number of aliphatic hydroxyl groups is 1. The van der Waals surface area contributed by atoms with Crippen molar-refractivity contribution < 1.29 is 29.6 Å². The fourth-order valence-corrected chi connectivity index (χ4v) is 1.30. The van der Waals surface area contributed by atoms with Gasteiger partial charge in [-0.1, -0.05) is 12.1 Å². The molecule has 6 heteroatoms. The van der Waals surface area contributed by atoms with E-state index < -0.39 is 18.2 Å². The average Bonchev–Trinajstić information content (AvgIpc) is 2.39. The molecule has 0 bridgehead atoms. The first kappa shape index (κ1) is 15.3. The van der Waals surface area contributed by atoms with Crippen molar-refractivity contribution in [3.05, 3.63) is 41.7 Å². The number of phenolic OH excluding ortho intramolecular Hbond substituents is 2. The number of benzene rings is 1. The Bertz CT molecular complexity index is 571. The molecule has 1 aromatic carbocycles. The lowest BCUT2D eigenvalue weighted by molar-refractivity contribution is -0.142. The Morgan fingerprint density at radius 1 is 1.25 bits per heavy atom. The molecular weight excluding hydrogens is 264 g/mol. The van der Waals surface area contributed by atoms with Gasteiger partial charge in [0.25, 0.3) is 0 Å². The molecule has 0 radical (unpaired) electrons. The maximum atomic E-state index is 11.3. The molecule has 0 saturated carbocycles. The molecule has 0 aliphatic rings. The first-order valence-electron chi connectivity index (χ1n) is 5.62. The predicted molar refractivity (Wildman–Crippen MR) is 71.2 cm³/mol. The van der Waals surface area contributed by atoms with E-state index in [1.54, 1.807) is 0 Å². The zero-order chi connectivity index (χ0) is 15.1. The van der Waals surface area contributed by atoms with Crippen molar-refractivity contribution in [2.75, 3.05) is 7.11 Å². The molecule has 1 rings (SSSR count). The van der Waals surface area contributed by atoms with Gasteiger partial charge in [-0.3, -0.25) is 9.59 Å². The van der Waals surface area contributed by atoms with Crippen LogP contribution in [0.4, 0.5) is 0 Å². The summed E-state index contributed by atoms with van der Waals surface area (Å²) in [4.78, 5) is 22.1. The third-order valence-corrected chi connectivity index (χ3v) is 2.30. The van der Waals surface area contributed by atoms with Crippen molar-refractivity contribution >= 4 is 17.8 Å². The van der Waals surface area contributed by atoms with Crippen LogP contribution in [-0.2, 0) is 14.3 Å². The van der Waals surface area contributed by atoms with Gasteiger partial charge in [-0.05, 0) is 23.8 Å². The van der Waals surface area contributed by atoms with Gasteiger partial charge in [0.05, 0.1) is 7.11 Å². The summed E-state index contributed by atoms with van der Waals surface area (Å²) in [7, 11) is 1.16. The van der Waals surface area contributed by atoms with Crippen LogP contribution >= 0.6 is 0 Å². The smallest absolute Gasteiger partial charge is 0.313 e. The van der Waals surface area contributed by atoms with Gasteiger partial charge < -0.3 is 20.1 Å². The topological polar surface area (TPSA) is 104 Å². The lowest BCUT2D eigenvalue weighted by atomic mass is 10.1. The standard InChI is InChI=1S/C14H14O6/c1-20-14(19)8-11(16)7-10(15)4-2-9-3-5-12(17)13(18)6-9/h2-7,15,17-18H,8H2,1H3. The van der Waals surface area contributed by atoms with E-state index in [0.717, 1.165) is 13.2 Å². The van der Waals surface area contributed by atoms with E-state index in [9.17, 15) is 19.8 Å². The summed E-state index contributed by atoms with van der Waals surface area (Å²) in [6, 6.07) is 4.09. The van der Waals surface area contributed by atoms with Gasteiger partial charge in [0.2, 0.25) is 0 Å². The largest absolute Gasteiger partial charge is 0.508 e. The second kappa shape index (κ2) is 6.98. The number of aromatic hydroxyl groups is 2. The van der Waals surface area contributed by atoms with E-state index in [0.29, 0.717) is 5.56 Å². The fourth-order valence-electron chi connectivity index (χ4n) is 1.30. The summed E-state index contributed by atoms with van der Waals surface area (Å²) in [6.07, 6.45) is 3.10. The van der Waals surface area contributed by atoms with E-state index in [2.05, 4.69) is 4.74 Å². The highest BCUT2D eigenvalue weighted by atomic mass is 16.5. The van der Waals surface area contributed by atoms with Crippen LogP contribution in [0, 0.1) is 0 Å². The molecule has 106 valence electrons. The Balaban J connectivity index is 2.71. The Morgan fingerprint density at radius 2 is 1.95 bits per heavy atom. The Hall–Kier alpha value is -2.76. The van der Waals surface area contributed by atoms with Crippen molar-refractivity contribution in [3.63, 3.8) is 0 Å². The molecule has 0 atom stereocenters. The molecule has 6 nitrogen and oxygen atoms in total. The number of methoxy groups -OCH3 is 1. The van der Waals surface area contributed by atoms with Crippen LogP contribution < -0.4 is 0 Å². The van der Waals surface area contributed by atoms with Gasteiger partial charge in [0, 0.05) is 6.08 Å². The molecule has 1 aromatic rings. The molecule has 0 saturated heterocycles. The zero-order valence-corrected chi connectivity index (χ0v) is 10.7. The number of esters is 1. The number of carbonyl (C=O) groups is 2. The Kier molecular flexibility index (Phi) is 5.34. The average molecular weight is 278 g/mol. The summed E-state index contributed by atoms with van der Waals surface area (Å²) in [5.74, 6) is -2.17. The third kappa shape index (κ3) is 4.85. The third-order valence-electron chi connectivity index (χ3n) is 2.30. The summed E-state index contributed by atoms with van der Waals surface area (Å²) in [5, 5.41) is 27.9. The summed E-state index contributed by atoms with van der Waals surface area (Å²) in [5.41, 5.74) is 0.515. The predicted octanol–water partition coefficient (Wildman–Crippen LogP) is 1.69. The molecule has 0 heterocycles. The molecule has 0 aliphatic carbocycles. The van der Waals surface area contributed by atoms with Gasteiger partial charge in [-0.2, -0.15) is 0 Å². The molecule has 0 aliphatic heterocycles. The van der Waals surface area contributed by atoms with Crippen LogP contribution in [0.2, 0.25) is 0 Å². The molecule has 0 fully saturated rings. The van der Waals surface area contributed by atoms with Crippen LogP contribution in [0.1, 0.15) is 12.0 Å². The maximum absolute atomic E-state index is 11.3. The van der Waals surface area contributed by atoms with Gasteiger partial charge >= 0.3 is 5.97 Å². The molecule has 20 heavy (non-hydrogen) atoms. The highest BCUT2D eigenvalue weighted by Crippen LogP contribution is 2.25. The van der Waals surface area contributed by atoms with Crippen molar-refractivity contribution in [1.82, 2.24) is 0 Å². The van der Waals surface area contributed by atoms with Gasteiger partial charge in [0.1, 0.15) is 12.2 Å². The van der Waals surface area contributed by atoms with Crippen molar-refractivity contribution in [2.24, 2.45) is 0 Å². The van der Waals surface area contributed by atoms with Crippen molar-refractivity contribution in [2.45, 2.75) is 6.42 Å². The lowest BCUT2D eigenvalue weighted by Crippen LogP contribution is -2.07. The molecule has 3 N–H and O–H groups in total. The summed E-state index contributed by atoms with van der Waals surface area (Å²) < 4.78 is 4.32. The van der Waals surface area contributed by atoms with E-state index >= 15 is 0 Å². The molecule has 0 aromatic heterocycles. The number of rotatable bonds is 5. The van der Waals surface area contributed by atoms with Gasteiger partial charge in [-0.25, -0.2) is 0 Å². The lowest BCUT2D eigenvalue weighted by Gasteiger charge is -1.98. The number of ketones is 1. The first-order chi connectivity index (χ1) is 9.42. The number of allylic oxidation sites excluding steroid dienone is 2. The van der Waals surface area contributed by atoms with Crippen LogP contribution in [0.3, 0.4) is 0 Å². The van der Waals surface area contributed by atoms with Crippen LogP contribution in [0.25, 0.3) is 6.08 Å². The molecule has 0 amide bonds. The van der Waals surface area contributed by atoms with E-state index in [4.69, 9.17) is 5.11 Å². The SMILES string of the molecule is COC(=O)CC(=O)C=C(O)C=Cc1ccc(O)c(O)c1. The van der Waals surface area contributed by atoms with Crippen molar-refractivity contribution in [1.29, 1.82) is 0 Å². The summed E-state index contributed by atoms with van der Waals surface area (Å²) in [6.45, 7) is 0. The first-order valence-corrected chi connectivity index (χ1v) is 5.62. The van der Waals surface area contributed by atoms with Gasteiger partial charge in [-0.15, -0.1) is 0 Å². The van der Waals surface area contributed by atoms with E-state index in [1.165, 1.54) is 30.4 Å². The van der Waals surface area contributed by atoms with Crippen LogP contribution in [0.5, 0.6) is 11.5 Å². The molecular formula is C14H14O6. The van der Waals surface area contributed by atoms with Crippen molar-refractivity contribution in [3.8, 4) is 11.5 Å². The van der Waals surface area contributed by atoms with Crippen LogP contribution in [-0.4, -0.2) is 34.2 Å². The minimum Gasteiger partial charge on any atom is -0.508 e. The fraction of sp³-hybridized carbons (Fsp3) is 0.143. The minimum absolute atomic E-state index is 0.254. The minimum atomic E-state index is -0.688. The monoisotopic (exact) mass is 278 g/mol. The highest BCUT2D eigenvalue weighted by molar-refractivity contribution is 6.02. The summed E-state index contributed by atoms with van der Waals surface area (Å²) >= 11 is 0. The number of phenols is 2. The van der Waals surface area contributed by atoms with Crippen LogP contribution in [0.15, 0.2) is 36.1 Å². The quantitative estimate of drug-likeness (QED) is 0.189. The Labute approximate surface area is 115 Å². The van der Waals surface area contributed by atoms with E-state index in [1.807, 2.05) is 0 Å². The Morgan fingerprint density at radius 3 is 2.55 bits per heavy atom. The maximum Gasteiger partial charge on any atom is 0.313 e. The second-order valence-corrected chi connectivity index (χ2v) is 3.87. The molecule has 0 spiro atoms. The molecule has 0 unspecified atom stereocenters. The normalized spacial score (nSPS) is 11.6. The zero-order valence-electron chi connectivity index (χ0n) is 10.7. The number of hydrogen-bond acceptors (Lipinski definition) is 6. The number of ether oxygens (including phenoxy) is 1. The van der Waals surface area contributed by atoms with E-state index in [-0.39, 0.29) is 17.3 Å².